The number of fused-ring (bicyclic) bond motifs is 1. The number of pyridine rings is 1. The molecule has 0 atom stereocenters. The Kier molecular flexibility index (Phi) is 7.40. The number of hydrogen-bond donors (Lipinski definition) is 1. The molecule has 3 aromatic rings. The number of anilines is 1. The quantitative estimate of drug-likeness (QED) is 0.441. The van der Waals surface area contributed by atoms with E-state index in [1.807, 2.05) is 19.9 Å². The van der Waals surface area contributed by atoms with Crippen molar-refractivity contribution in [2.24, 2.45) is 5.92 Å². The minimum Gasteiger partial charge on any atom is -0.481 e. The Morgan fingerprint density at radius 1 is 1.18 bits per heavy atom. The third-order valence-electron chi connectivity index (χ3n) is 7.61. The van der Waals surface area contributed by atoms with Crippen molar-refractivity contribution in [3.8, 4) is 17.1 Å². The highest BCUT2D eigenvalue weighted by molar-refractivity contribution is 7.89. The lowest BCUT2D eigenvalue weighted by Gasteiger charge is -2.45. The molecule has 0 spiro atoms. The summed E-state index contributed by atoms with van der Waals surface area (Å²) in [6, 6.07) is 1.84. The maximum atomic E-state index is 12.1. The maximum Gasteiger partial charge on any atom is 0.226 e. The van der Waals surface area contributed by atoms with Crippen molar-refractivity contribution in [2.75, 3.05) is 44.4 Å². The van der Waals surface area contributed by atoms with Gasteiger partial charge in [0.05, 0.1) is 34.4 Å². The molecule has 5 heterocycles. The van der Waals surface area contributed by atoms with Crippen LogP contribution in [-0.2, 0) is 22.1 Å². The summed E-state index contributed by atoms with van der Waals surface area (Å²) in [5.74, 6) is 1.13. The average Bonchev–Trinajstić information content (AvgIpc) is 3.14. The van der Waals surface area contributed by atoms with Crippen molar-refractivity contribution in [3.63, 3.8) is 0 Å². The van der Waals surface area contributed by atoms with E-state index in [2.05, 4.69) is 21.7 Å². The predicted molar refractivity (Wildman–Crippen MR) is 152 cm³/mol. The van der Waals surface area contributed by atoms with Crippen molar-refractivity contribution in [1.29, 1.82) is 0 Å². The maximum absolute atomic E-state index is 12.1. The second kappa shape index (κ2) is 10.3. The first-order valence-corrected chi connectivity index (χ1v) is 16.0. The second-order valence-electron chi connectivity index (χ2n) is 11.2. The predicted octanol–water partition coefficient (Wildman–Crippen LogP) is 3.81. The fraction of sp³-hybridized carbons (Fsp3) is 0.593. The average molecular weight is 560 g/mol. The molecule has 0 saturated carbocycles. The van der Waals surface area contributed by atoms with Gasteiger partial charge in [-0.2, -0.15) is 0 Å². The number of aryl methyl sites for hydroxylation is 1. The van der Waals surface area contributed by atoms with Crippen LogP contribution in [0.2, 0.25) is 0 Å². The summed E-state index contributed by atoms with van der Waals surface area (Å²) in [5, 5.41) is 10.4. The fourth-order valence-corrected chi connectivity index (χ4v) is 7.19. The van der Waals surface area contributed by atoms with Crippen molar-refractivity contribution in [3.05, 3.63) is 28.3 Å². The Bertz CT molecular complexity index is 1440. The molecule has 0 bridgehead atoms. The van der Waals surface area contributed by atoms with Gasteiger partial charge in [0, 0.05) is 72.7 Å². The molecule has 0 aliphatic carbocycles. The summed E-state index contributed by atoms with van der Waals surface area (Å²) >= 11 is 1.67. The molecule has 0 amide bonds. The molecule has 0 radical (unpaired) electrons. The first-order valence-electron chi connectivity index (χ1n) is 13.1. The molecule has 206 valence electrons. The van der Waals surface area contributed by atoms with Crippen molar-refractivity contribution >= 4 is 37.3 Å². The van der Waals surface area contributed by atoms with E-state index >= 15 is 0 Å². The van der Waals surface area contributed by atoms with Gasteiger partial charge in [-0.15, -0.1) is 11.3 Å². The molecule has 2 aliphatic heterocycles. The van der Waals surface area contributed by atoms with E-state index in [9.17, 15) is 13.5 Å². The highest BCUT2D eigenvalue weighted by Gasteiger charge is 2.38. The lowest BCUT2D eigenvalue weighted by Crippen LogP contribution is -2.55. The number of likely N-dealkylation sites (tertiary alicyclic amines) is 1. The third-order valence-corrected chi connectivity index (χ3v) is 9.59. The molecular formula is C27H37N5O4S2. The summed E-state index contributed by atoms with van der Waals surface area (Å²) in [6.07, 6.45) is 6.36. The van der Waals surface area contributed by atoms with E-state index in [4.69, 9.17) is 14.7 Å². The standard InChI is InChI=1S/C27H37N5O4S2/c1-17-21(15-31-13-20(14-31)27(2,3)33)23-24(37-17)22(29-26(30-23)32-9-7-6-8-10-32)18-11-19(16-38(5,34)35)25(36-4)28-12-18/h11-12,20,33H,6-10,13-16H2,1-5H3. The van der Waals surface area contributed by atoms with E-state index < -0.39 is 15.4 Å². The zero-order chi connectivity index (χ0) is 27.2. The van der Waals surface area contributed by atoms with Gasteiger partial charge in [0.15, 0.2) is 9.84 Å². The minimum atomic E-state index is -3.29. The molecule has 0 unspecified atom stereocenters. The Balaban J connectivity index is 1.60. The zero-order valence-corrected chi connectivity index (χ0v) is 24.5. The van der Waals surface area contributed by atoms with Crippen LogP contribution in [0.5, 0.6) is 5.88 Å². The van der Waals surface area contributed by atoms with Gasteiger partial charge in [0.1, 0.15) is 0 Å². The summed E-state index contributed by atoms with van der Waals surface area (Å²) in [7, 11) is -1.79. The van der Waals surface area contributed by atoms with E-state index in [1.165, 1.54) is 30.2 Å². The van der Waals surface area contributed by atoms with Gasteiger partial charge >= 0.3 is 0 Å². The number of ether oxygens (including phenoxy) is 1. The molecule has 11 heteroatoms. The van der Waals surface area contributed by atoms with Gasteiger partial charge in [-0.25, -0.2) is 23.4 Å². The number of aliphatic hydroxyl groups is 1. The molecule has 38 heavy (non-hydrogen) atoms. The normalized spacial score (nSPS) is 17.7. The molecule has 0 aromatic carbocycles. The largest absolute Gasteiger partial charge is 0.481 e. The lowest BCUT2D eigenvalue weighted by molar-refractivity contribution is -0.0646. The SMILES string of the molecule is COc1ncc(-c2nc(N3CCCCC3)nc3c(CN4CC(C(C)(C)O)C4)c(C)sc23)cc1CS(C)(=O)=O. The summed E-state index contributed by atoms with van der Waals surface area (Å²) in [6.45, 7) is 10.2. The number of piperidine rings is 1. The first kappa shape index (κ1) is 27.2. The number of aromatic nitrogens is 3. The van der Waals surface area contributed by atoms with Crippen molar-refractivity contribution < 1.29 is 18.3 Å². The van der Waals surface area contributed by atoms with Crippen LogP contribution in [0.25, 0.3) is 21.5 Å². The number of sulfone groups is 1. The van der Waals surface area contributed by atoms with Crippen LogP contribution in [-0.4, -0.2) is 78.5 Å². The van der Waals surface area contributed by atoms with E-state index in [1.54, 1.807) is 17.5 Å². The molecule has 5 rings (SSSR count). The van der Waals surface area contributed by atoms with Crippen LogP contribution in [0.3, 0.4) is 0 Å². The Hall–Kier alpha value is -2.34. The van der Waals surface area contributed by atoms with Gasteiger partial charge in [-0.05, 0) is 46.1 Å². The van der Waals surface area contributed by atoms with Gasteiger partial charge in [0.25, 0.3) is 0 Å². The van der Waals surface area contributed by atoms with Crippen LogP contribution in [0.1, 0.15) is 49.1 Å². The van der Waals surface area contributed by atoms with Gasteiger partial charge in [-0.1, -0.05) is 0 Å². The van der Waals surface area contributed by atoms with Gasteiger partial charge in [0.2, 0.25) is 11.8 Å². The highest BCUT2D eigenvalue weighted by atomic mass is 32.2. The van der Waals surface area contributed by atoms with Crippen LogP contribution in [0.4, 0.5) is 5.95 Å². The first-order chi connectivity index (χ1) is 17.9. The second-order valence-corrected chi connectivity index (χ2v) is 14.6. The number of methoxy groups -OCH3 is 1. The van der Waals surface area contributed by atoms with Crippen molar-refractivity contribution in [2.45, 2.75) is 57.9 Å². The molecule has 2 saturated heterocycles. The Morgan fingerprint density at radius 2 is 1.89 bits per heavy atom. The molecular weight excluding hydrogens is 522 g/mol. The Labute approximate surface area is 228 Å². The van der Waals surface area contributed by atoms with Crippen LogP contribution >= 0.6 is 11.3 Å². The van der Waals surface area contributed by atoms with E-state index in [0.29, 0.717) is 17.4 Å². The van der Waals surface area contributed by atoms with Crippen molar-refractivity contribution in [1.82, 2.24) is 19.9 Å². The molecule has 1 N–H and O–H groups in total. The number of nitrogens with zero attached hydrogens (tertiary/aromatic N) is 5. The van der Waals surface area contributed by atoms with Gasteiger partial charge < -0.3 is 14.7 Å². The van der Waals surface area contributed by atoms with E-state index in [-0.39, 0.29) is 11.7 Å². The fourth-order valence-electron chi connectivity index (χ4n) is 5.30. The number of hydrogen-bond acceptors (Lipinski definition) is 10. The molecule has 2 aliphatic rings. The molecule has 2 fully saturated rings. The summed E-state index contributed by atoms with van der Waals surface area (Å²) < 4.78 is 30.6. The lowest BCUT2D eigenvalue weighted by atomic mass is 9.84. The monoisotopic (exact) mass is 559 g/mol. The van der Waals surface area contributed by atoms with Crippen LogP contribution in [0.15, 0.2) is 12.3 Å². The summed E-state index contributed by atoms with van der Waals surface area (Å²) in [5.41, 5.74) is 3.52. The Morgan fingerprint density at radius 3 is 2.53 bits per heavy atom. The van der Waals surface area contributed by atoms with Gasteiger partial charge in [-0.3, -0.25) is 4.90 Å². The smallest absolute Gasteiger partial charge is 0.226 e. The zero-order valence-electron chi connectivity index (χ0n) is 22.8. The highest BCUT2D eigenvalue weighted by Crippen LogP contribution is 2.40. The number of thiophene rings is 1. The minimum absolute atomic E-state index is 0.156. The summed E-state index contributed by atoms with van der Waals surface area (Å²) in [4.78, 5) is 20.4. The molecule has 9 nitrogen and oxygen atoms in total. The topological polar surface area (TPSA) is 109 Å². The molecule has 3 aromatic heterocycles. The third kappa shape index (κ3) is 5.66. The number of rotatable bonds is 8. The van der Waals surface area contributed by atoms with Crippen LogP contribution < -0.4 is 9.64 Å². The van der Waals surface area contributed by atoms with E-state index in [0.717, 1.165) is 67.0 Å². The van der Waals surface area contributed by atoms with Crippen LogP contribution in [0, 0.1) is 12.8 Å².